The summed E-state index contributed by atoms with van der Waals surface area (Å²) < 4.78 is 12.0. The SMILES string of the molecule is COc1ccc(N2CCOCC2)c2sc(NC(=O)C3CCN(c4ncc(C(=O)NO)cn4)CC3)nc12. The number of hydrogen-bond donors (Lipinski definition) is 3. The number of ether oxygens (including phenoxy) is 2. The summed E-state index contributed by atoms with van der Waals surface area (Å²) in [5.41, 5.74) is 3.54. The Morgan fingerprint density at radius 3 is 2.50 bits per heavy atom. The van der Waals surface area contributed by atoms with Crippen LogP contribution in [0.15, 0.2) is 24.5 Å². The molecule has 2 saturated heterocycles. The van der Waals surface area contributed by atoms with Crippen molar-refractivity contribution in [2.24, 2.45) is 5.92 Å². The lowest BCUT2D eigenvalue weighted by molar-refractivity contribution is -0.120. The van der Waals surface area contributed by atoms with Crippen LogP contribution in [0.2, 0.25) is 0 Å². The van der Waals surface area contributed by atoms with Gasteiger partial charge in [0, 0.05) is 44.5 Å². The summed E-state index contributed by atoms with van der Waals surface area (Å²) in [5, 5.41) is 12.3. The van der Waals surface area contributed by atoms with Gasteiger partial charge in [0.25, 0.3) is 5.91 Å². The molecule has 0 radical (unpaired) electrons. The van der Waals surface area contributed by atoms with Crippen molar-refractivity contribution in [1.29, 1.82) is 0 Å². The third-order valence-electron chi connectivity index (χ3n) is 6.44. The fourth-order valence-corrected chi connectivity index (χ4v) is 5.48. The lowest BCUT2D eigenvalue weighted by Gasteiger charge is -2.31. The van der Waals surface area contributed by atoms with Crippen LogP contribution in [-0.2, 0) is 9.53 Å². The van der Waals surface area contributed by atoms with Gasteiger partial charge in [-0.1, -0.05) is 11.3 Å². The number of amides is 2. The summed E-state index contributed by atoms with van der Waals surface area (Å²) in [6.45, 7) is 4.20. The molecule has 2 aliphatic heterocycles. The number of nitrogens with zero attached hydrogens (tertiary/aromatic N) is 5. The monoisotopic (exact) mass is 513 g/mol. The average Bonchev–Trinajstić information content (AvgIpc) is 3.36. The molecule has 4 heterocycles. The first kappa shape index (κ1) is 24.2. The van der Waals surface area contributed by atoms with E-state index in [1.54, 1.807) is 12.6 Å². The molecule has 3 aromatic rings. The Hall–Kier alpha value is -3.55. The quantitative estimate of drug-likeness (QED) is 0.330. The molecule has 0 aliphatic carbocycles. The van der Waals surface area contributed by atoms with Gasteiger partial charge in [-0.25, -0.2) is 20.4 Å². The molecular weight excluding hydrogens is 486 g/mol. The van der Waals surface area contributed by atoms with E-state index in [1.165, 1.54) is 23.7 Å². The normalized spacial score (nSPS) is 16.7. The zero-order chi connectivity index (χ0) is 25.1. The molecule has 190 valence electrons. The topological polar surface area (TPSA) is 142 Å². The number of carbonyl (C=O) groups is 2. The number of nitrogens with one attached hydrogen (secondary N) is 2. The maximum atomic E-state index is 13.1. The van der Waals surface area contributed by atoms with Crippen LogP contribution in [0.5, 0.6) is 5.75 Å². The summed E-state index contributed by atoms with van der Waals surface area (Å²) in [7, 11) is 1.62. The van der Waals surface area contributed by atoms with Gasteiger partial charge in [-0.15, -0.1) is 0 Å². The van der Waals surface area contributed by atoms with E-state index < -0.39 is 5.91 Å². The highest BCUT2D eigenvalue weighted by atomic mass is 32.1. The van der Waals surface area contributed by atoms with E-state index >= 15 is 0 Å². The molecule has 0 unspecified atom stereocenters. The van der Waals surface area contributed by atoms with E-state index in [1.807, 2.05) is 17.0 Å². The average molecular weight is 514 g/mol. The minimum Gasteiger partial charge on any atom is -0.494 e. The van der Waals surface area contributed by atoms with Crippen molar-refractivity contribution >= 4 is 50.1 Å². The van der Waals surface area contributed by atoms with Crippen molar-refractivity contribution in [1.82, 2.24) is 20.4 Å². The van der Waals surface area contributed by atoms with E-state index in [9.17, 15) is 9.59 Å². The number of fused-ring (bicyclic) bond motifs is 1. The summed E-state index contributed by atoms with van der Waals surface area (Å²) in [6, 6.07) is 3.95. The van der Waals surface area contributed by atoms with E-state index in [4.69, 9.17) is 14.7 Å². The molecule has 0 saturated carbocycles. The molecule has 0 spiro atoms. The van der Waals surface area contributed by atoms with Crippen LogP contribution in [0.25, 0.3) is 10.2 Å². The lowest BCUT2D eigenvalue weighted by Crippen LogP contribution is -2.39. The van der Waals surface area contributed by atoms with Crippen molar-refractivity contribution in [3.63, 3.8) is 0 Å². The fourth-order valence-electron chi connectivity index (χ4n) is 4.46. The van der Waals surface area contributed by atoms with Crippen LogP contribution in [0, 0.1) is 5.92 Å². The minimum atomic E-state index is -0.665. The highest BCUT2D eigenvalue weighted by Crippen LogP contribution is 2.40. The first-order valence-electron chi connectivity index (χ1n) is 11.7. The van der Waals surface area contributed by atoms with Crippen molar-refractivity contribution in [2.75, 3.05) is 61.6 Å². The van der Waals surface area contributed by atoms with Crippen LogP contribution in [0.3, 0.4) is 0 Å². The number of methoxy groups -OCH3 is 1. The predicted octanol–water partition coefficient (Wildman–Crippen LogP) is 1.91. The fraction of sp³-hybridized carbons (Fsp3) is 0.435. The van der Waals surface area contributed by atoms with E-state index in [0.29, 0.717) is 56.0 Å². The second kappa shape index (κ2) is 10.6. The van der Waals surface area contributed by atoms with Gasteiger partial charge in [0.15, 0.2) is 5.13 Å². The third kappa shape index (κ3) is 4.90. The van der Waals surface area contributed by atoms with Gasteiger partial charge in [0.05, 0.1) is 36.3 Å². The summed E-state index contributed by atoms with van der Waals surface area (Å²) in [4.78, 5) is 41.9. The van der Waals surface area contributed by atoms with Gasteiger partial charge in [-0.3, -0.25) is 14.8 Å². The molecule has 2 aliphatic rings. The van der Waals surface area contributed by atoms with E-state index in [2.05, 4.69) is 25.2 Å². The van der Waals surface area contributed by atoms with Gasteiger partial charge in [-0.2, -0.15) is 0 Å². The number of aromatic nitrogens is 3. The van der Waals surface area contributed by atoms with Crippen LogP contribution >= 0.6 is 11.3 Å². The molecule has 0 atom stereocenters. The molecule has 2 fully saturated rings. The van der Waals surface area contributed by atoms with Crippen LogP contribution < -0.4 is 25.3 Å². The van der Waals surface area contributed by atoms with Gasteiger partial charge in [0.2, 0.25) is 11.9 Å². The molecule has 2 amide bonds. The number of hydrogen-bond acceptors (Lipinski definition) is 11. The number of benzene rings is 1. The molecule has 3 N–H and O–H groups in total. The van der Waals surface area contributed by atoms with Crippen LogP contribution in [0.4, 0.5) is 16.8 Å². The number of thiazole rings is 1. The van der Waals surface area contributed by atoms with Crippen molar-refractivity contribution in [3.05, 3.63) is 30.1 Å². The number of hydroxylamine groups is 1. The van der Waals surface area contributed by atoms with E-state index in [-0.39, 0.29) is 17.4 Å². The summed E-state index contributed by atoms with van der Waals surface area (Å²) in [5.74, 6) is 0.276. The smallest absolute Gasteiger partial charge is 0.277 e. The largest absolute Gasteiger partial charge is 0.494 e. The Kier molecular flexibility index (Phi) is 7.11. The van der Waals surface area contributed by atoms with Gasteiger partial charge in [0.1, 0.15) is 11.3 Å². The van der Waals surface area contributed by atoms with Crippen LogP contribution in [-0.4, -0.2) is 78.5 Å². The number of morpholine rings is 1. The Labute approximate surface area is 211 Å². The molecule has 13 heteroatoms. The van der Waals surface area contributed by atoms with Crippen molar-refractivity contribution < 1.29 is 24.3 Å². The molecule has 12 nitrogen and oxygen atoms in total. The first-order valence-corrected chi connectivity index (χ1v) is 12.5. The number of rotatable bonds is 6. The van der Waals surface area contributed by atoms with Gasteiger partial charge in [-0.05, 0) is 25.0 Å². The molecular formula is C23H27N7O5S. The zero-order valence-corrected chi connectivity index (χ0v) is 20.6. The molecule has 0 bridgehead atoms. The second-order valence-corrected chi connectivity index (χ2v) is 9.55. The summed E-state index contributed by atoms with van der Waals surface area (Å²) in [6.07, 6.45) is 4.00. The molecule has 36 heavy (non-hydrogen) atoms. The van der Waals surface area contributed by atoms with Crippen LogP contribution in [0.1, 0.15) is 23.2 Å². The Balaban J connectivity index is 1.25. The summed E-state index contributed by atoms with van der Waals surface area (Å²) >= 11 is 1.46. The molecule has 5 rings (SSSR count). The minimum absolute atomic E-state index is 0.0588. The maximum Gasteiger partial charge on any atom is 0.277 e. The lowest BCUT2D eigenvalue weighted by atomic mass is 9.96. The molecule has 2 aromatic heterocycles. The van der Waals surface area contributed by atoms with Gasteiger partial charge < -0.3 is 24.6 Å². The zero-order valence-electron chi connectivity index (χ0n) is 19.8. The Morgan fingerprint density at radius 1 is 1.11 bits per heavy atom. The Bertz CT molecular complexity index is 1240. The number of carbonyl (C=O) groups excluding carboxylic acids is 2. The van der Waals surface area contributed by atoms with Gasteiger partial charge >= 0.3 is 0 Å². The first-order chi connectivity index (χ1) is 17.6. The van der Waals surface area contributed by atoms with E-state index in [0.717, 1.165) is 29.0 Å². The number of piperidine rings is 1. The highest BCUT2D eigenvalue weighted by Gasteiger charge is 2.27. The van der Waals surface area contributed by atoms with Crippen molar-refractivity contribution in [2.45, 2.75) is 12.8 Å². The third-order valence-corrected chi connectivity index (χ3v) is 7.43. The predicted molar refractivity (Wildman–Crippen MR) is 134 cm³/mol. The highest BCUT2D eigenvalue weighted by molar-refractivity contribution is 7.23. The van der Waals surface area contributed by atoms with Crippen molar-refractivity contribution in [3.8, 4) is 5.75 Å². The number of anilines is 3. The molecule has 1 aromatic carbocycles. The maximum absolute atomic E-state index is 13.1. The second-order valence-electron chi connectivity index (χ2n) is 8.55. The standard InChI is InChI=1S/C23H27N7O5S/c1-34-17-3-2-16(29-8-10-35-11-9-29)19-18(17)26-23(36-19)27-20(31)14-4-6-30(7-5-14)22-24-12-15(13-25-22)21(32)28-33/h2-3,12-14,33H,4-11H2,1H3,(H,28,32)(H,26,27,31). The Morgan fingerprint density at radius 2 is 1.83 bits per heavy atom.